The molecule has 5 nitrogen and oxygen atoms in total. The summed E-state index contributed by atoms with van der Waals surface area (Å²) in [5.74, 6) is 0.594. The quantitative estimate of drug-likeness (QED) is 0.391. The number of hydrogen-bond acceptors (Lipinski definition) is 4. The van der Waals surface area contributed by atoms with Crippen LogP contribution >= 0.6 is 34.5 Å². The predicted molar refractivity (Wildman–Crippen MR) is 119 cm³/mol. The van der Waals surface area contributed by atoms with Gasteiger partial charge in [-0.05, 0) is 42.7 Å². The molecule has 148 valence electrons. The molecule has 1 N–H and O–H groups in total. The topological polar surface area (TPSA) is 59.8 Å². The summed E-state index contributed by atoms with van der Waals surface area (Å²) in [6.07, 6.45) is 3.60. The van der Waals surface area contributed by atoms with Gasteiger partial charge >= 0.3 is 0 Å². The number of benzene rings is 2. The number of fused-ring (bicyclic) bond motifs is 1. The number of aromatic nitrogens is 3. The number of carbonyl (C=O) groups is 1. The van der Waals surface area contributed by atoms with Gasteiger partial charge in [-0.15, -0.1) is 11.3 Å². The summed E-state index contributed by atoms with van der Waals surface area (Å²) in [5.41, 5.74) is 1.90. The van der Waals surface area contributed by atoms with Crippen LogP contribution < -0.4 is 5.32 Å². The first-order chi connectivity index (χ1) is 14.1. The Morgan fingerprint density at radius 1 is 1.14 bits per heavy atom. The van der Waals surface area contributed by atoms with E-state index in [4.69, 9.17) is 23.2 Å². The zero-order valence-corrected chi connectivity index (χ0v) is 17.8. The summed E-state index contributed by atoms with van der Waals surface area (Å²) in [5, 5.41) is 9.42. The molecule has 1 amide bonds. The third-order valence-corrected chi connectivity index (χ3v) is 6.14. The number of carbonyl (C=O) groups excluding carboxylic acids is 1. The SMILES string of the molecule is O=C(CCCc1nc2ccccc2s1)Nc1ccnn1Cc1ccc(Cl)cc1Cl. The molecule has 0 saturated carbocycles. The zero-order chi connectivity index (χ0) is 20.2. The van der Waals surface area contributed by atoms with E-state index in [-0.39, 0.29) is 5.91 Å². The summed E-state index contributed by atoms with van der Waals surface area (Å²) < 4.78 is 2.89. The number of aryl methyl sites for hydroxylation is 1. The molecule has 29 heavy (non-hydrogen) atoms. The van der Waals surface area contributed by atoms with E-state index in [9.17, 15) is 4.79 Å². The maximum Gasteiger partial charge on any atom is 0.225 e. The second-order valence-electron chi connectivity index (χ2n) is 6.59. The summed E-state index contributed by atoms with van der Waals surface area (Å²) in [7, 11) is 0. The molecule has 0 atom stereocenters. The lowest BCUT2D eigenvalue weighted by atomic mass is 10.2. The van der Waals surface area contributed by atoms with Gasteiger partial charge in [0.25, 0.3) is 0 Å². The van der Waals surface area contributed by atoms with Crippen molar-refractivity contribution < 1.29 is 4.79 Å². The average molecular weight is 445 g/mol. The van der Waals surface area contributed by atoms with E-state index < -0.39 is 0 Å². The van der Waals surface area contributed by atoms with Crippen molar-refractivity contribution in [3.8, 4) is 0 Å². The Labute approximate surface area is 182 Å². The Kier molecular flexibility index (Phi) is 6.13. The van der Waals surface area contributed by atoms with E-state index in [1.54, 1.807) is 40.4 Å². The van der Waals surface area contributed by atoms with Gasteiger partial charge in [0.1, 0.15) is 5.82 Å². The van der Waals surface area contributed by atoms with Crippen LogP contribution in [0.3, 0.4) is 0 Å². The van der Waals surface area contributed by atoms with Crippen molar-refractivity contribution in [1.82, 2.24) is 14.8 Å². The molecule has 0 fully saturated rings. The first-order valence-corrected chi connectivity index (χ1v) is 10.8. The largest absolute Gasteiger partial charge is 0.311 e. The maximum absolute atomic E-state index is 12.4. The molecular weight excluding hydrogens is 427 g/mol. The van der Waals surface area contributed by atoms with Gasteiger partial charge < -0.3 is 5.32 Å². The monoisotopic (exact) mass is 444 g/mol. The molecular formula is C21H18Cl2N4OS. The Morgan fingerprint density at radius 2 is 2.00 bits per heavy atom. The second kappa shape index (κ2) is 8.95. The molecule has 2 aromatic carbocycles. The van der Waals surface area contributed by atoms with Crippen LogP contribution in [-0.4, -0.2) is 20.7 Å². The molecule has 8 heteroatoms. The van der Waals surface area contributed by atoms with Crippen molar-refractivity contribution in [2.24, 2.45) is 0 Å². The zero-order valence-electron chi connectivity index (χ0n) is 15.4. The highest BCUT2D eigenvalue weighted by molar-refractivity contribution is 7.18. The van der Waals surface area contributed by atoms with Crippen LogP contribution in [-0.2, 0) is 17.8 Å². The van der Waals surface area contributed by atoms with Crippen LogP contribution in [0.2, 0.25) is 10.0 Å². The second-order valence-corrected chi connectivity index (χ2v) is 8.55. The standard InChI is InChI=1S/C21H18Cl2N4OS/c22-15-9-8-14(16(23)12-15)13-27-19(10-11-24-27)26-20(28)6-3-7-21-25-17-4-1-2-5-18(17)29-21/h1-2,4-5,8-12H,3,6-7,13H2,(H,26,28). The van der Waals surface area contributed by atoms with E-state index in [0.29, 0.717) is 28.8 Å². The van der Waals surface area contributed by atoms with Crippen LogP contribution in [0.15, 0.2) is 54.7 Å². The number of anilines is 1. The third-order valence-electron chi connectivity index (χ3n) is 4.45. The summed E-state index contributed by atoms with van der Waals surface area (Å²) in [6.45, 7) is 0.449. The third kappa shape index (κ3) is 4.96. The number of halogens is 2. The van der Waals surface area contributed by atoms with Gasteiger partial charge in [-0.3, -0.25) is 4.79 Å². The highest BCUT2D eigenvalue weighted by atomic mass is 35.5. The highest BCUT2D eigenvalue weighted by Crippen LogP contribution is 2.24. The van der Waals surface area contributed by atoms with Crippen LogP contribution in [0.1, 0.15) is 23.4 Å². The maximum atomic E-state index is 12.4. The van der Waals surface area contributed by atoms with Gasteiger partial charge in [-0.25, -0.2) is 9.67 Å². The van der Waals surface area contributed by atoms with E-state index >= 15 is 0 Å². The molecule has 4 rings (SSSR count). The molecule has 0 aliphatic heterocycles. The minimum Gasteiger partial charge on any atom is -0.311 e. The Bertz CT molecular complexity index is 1120. The fourth-order valence-electron chi connectivity index (χ4n) is 3.01. The van der Waals surface area contributed by atoms with Gasteiger partial charge in [0.05, 0.1) is 28.0 Å². The molecule has 2 heterocycles. The molecule has 0 bridgehead atoms. The Hall–Kier alpha value is -2.41. The number of nitrogens with one attached hydrogen (secondary N) is 1. The van der Waals surface area contributed by atoms with Crippen LogP contribution in [0.4, 0.5) is 5.82 Å². The van der Waals surface area contributed by atoms with Crippen molar-refractivity contribution >= 4 is 56.5 Å². The van der Waals surface area contributed by atoms with Crippen molar-refractivity contribution in [2.45, 2.75) is 25.8 Å². The van der Waals surface area contributed by atoms with E-state index in [2.05, 4.69) is 21.5 Å². The minimum absolute atomic E-state index is 0.0462. The summed E-state index contributed by atoms with van der Waals surface area (Å²) in [4.78, 5) is 17.0. The molecule has 0 spiro atoms. The minimum atomic E-state index is -0.0462. The van der Waals surface area contributed by atoms with Crippen molar-refractivity contribution in [1.29, 1.82) is 0 Å². The molecule has 0 aliphatic carbocycles. The van der Waals surface area contributed by atoms with Crippen molar-refractivity contribution in [3.63, 3.8) is 0 Å². The molecule has 0 unspecified atom stereocenters. The number of thiazole rings is 1. The van der Waals surface area contributed by atoms with Gasteiger partial charge in [0, 0.05) is 22.5 Å². The normalized spacial score (nSPS) is 11.1. The lowest BCUT2D eigenvalue weighted by Crippen LogP contribution is -2.16. The van der Waals surface area contributed by atoms with E-state index in [1.165, 1.54) is 4.70 Å². The predicted octanol–water partition coefficient (Wildman–Crippen LogP) is 5.81. The smallest absolute Gasteiger partial charge is 0.225 e. The van der Waals surface area contributed by atoms with Gasteiger partial charge in [-0.1, -0.05) is 41.4 Å². The average Bonchev–Trinajstić information content (AvgIpc) is 3.30. The Morgan fingerprint density at radius 3 is 2.83 bits per heavy atom. The molecule has 4 aromatic rings. The number of amides is 1. The first kappa shape index (κ1) is 19.9. The molecule has 0 radical (unpaired) electrons. The lowest BCUT2D eigenvalue weighted by Gasteiger charge is -2.10. The van der Waals surface area contributed by atoms with Crippen molar-refractivity contribution in [2.75, 3.05) is 5.32 Å². The van der Waals surface area contributed by atoms with Crippen LogP contribution in [0.25, 0.3) is 10.2 Å². The van der Waals surface area contributed by atoms with E-state index in [1.807, 2.05) is 24.3 Å². The molecule has 0 aliphatic rings. The number of nitrogens with zero attached hydrogens (tertiary/aromatic N) is 3. The number of para-hydroxylation sites is 1. The summed E-state index contributed by atoms with van der Waals surface area (Å²) >= 11 is 13.9. The molecule has 0 saturated heterocycles. The van der Waals surface area contributed by atoms with Gasteiger partial charge in [0.2, 0.25) is 5.91 Å². The Balaban J connectivity index is 1.32. The van der Waals surface area contributed by atoms with E-state index in [0.717, 1.165) is 28.9 Å². The highest BCUT2D eigenvalue weighted by Gasteiger charge is 2.11. The van der Waals surface area contributed by atoms with Gasteiger partial charge in [-0.2, -0.15) is 5.10 Å². The van der Waals surface area contributed by atoms with Gasteiger partial charge in [0.15, 0.2) is 0 Å². The summed E-state index contributed by atoms with van der Waals surface area (Å²) in [6, 6.07) is 15.2. The van der Waals surface area contributed by atoms with Crippen molar-refractivity contribution in [3.05, 3.63) is 75.3 Å². The fraction of sp³-hybridized carbons (Fsp3) is 0.190. The number of rotatable bonds is 7. The number of hydrogen-bond donors (Lipinski definition) is 1. The lowest BCUT2D eigenvalue weighted by molar-refractivity contribution is -0.116. The first-order valence-electron chi connectivity index (χ1n) is 9.18. The van der Waals surface area contributed by atoms with Crippen LogP contribution in [0, 0.1) is 0 Å². The molecule has 2 aromatic heterocycles. The van der Waals surface area contributed by atoms with Crippen LogP contribution in [0.5, 0.6) is 0 Å². The fourth-order valence-corrected chi connectivity index (χ4v) is 4.49.